The average Bonchev–Trinajstić information content (AvgIpc) is 2.20. The Kier molecular flexibility index (Phi) is 3.71. The molecule has 4 nitrogen and oxygen atoms in total. The minimum Gasteiger partial charge on any atom is -0.299 e. The number of halogens is 1. The predicted octanol–water partition coefficient (Wildman–Crippen LogP) is 2.82. The topological polar surface area (TPSA) is 60.2 Å². The number of carbonyl (C=O) groups is 1. The lowest BCUT2D eigenvalue weighted by molar-refractivity contribution is -0.385. The van der Waals surface area contributed by atoms with Crippen molar-refractivity contribution < 1.29 is 14.1 Å². The van der Waals surface area contributed by atoms with Gasteiger partial charge < -0.3 is 0 Å². The van der Waals surface area contributed by atoms with E-state index in [1.165, 1.54) is 19.1 Å². The minimum absolute atomic E-state index is 0.143. The number of carbonyl (C=O) groups excluding carboxylic acids is 1. The summed E-state index contributed by atoms with van der Waals surface area (Å²) in [5, 5.41) is 10.4. The second kappa shape index (κ2) is 4.83. The number of nitrogens with zero attached hydrogens (tertiary/aromatic N) is 1. The highest BCUT2D eigenvalue weighted by atomic mass is 19.1. The first-order valence-corrected chi connectivity index (χ1v) is 4.91. The van der Waals surface area contributed by atoms with Gasteiger partial charge >= 0.3 is 0 Å². The lowest BCUT2D eigenvalue weighted by atomic mass is 9.92. The van der Waals surface area contributed by atoms with Gasteiger partial charge in [0.1, 0.15) is 11.6 Å². The Morgan fingerprint density at radius 2 is 2.19 bits per heavy atom. The molecule has 1 aromatic carbocycles. The standard InChI is InChI=1S/C11H12FNO3/c1-3-9(7(2)14)10-5-4-8(13(15)16)6-11(10)12/h4-6,9H,3H2,1-2H3. The van der Waals surface area contributed by atoms with E-state index in [4.69, 9.17) is 0 Å². The molecule has 1 aromatic rings. The van der Waals surface area contributed by atoms with E-state index in [9.17, 15) is 19.3 Å². The third-order valence-corrected chi connectivity index (χ3v) is 2.47. The van der Waals surface area contributed by atoms with Gasteiger partial charge in [-0.2, -0.15) is 0 Å². The number of hydrogen-bond acceptors (Lipinski definition) is 3. The Balaban J connectivity index is 3.16. The van der Waals surface area contributed by atoms with Crippen molar-refractivity contribution in [1.82, 2.24) is 0 Å². The number of hydrogen-bond donors (Lipinski definition) is 0. The SMILES string of the molecule is CCC(C(C)=O)c1ccc([N+](=O)[O-])cc1F. The fraction of sp³-hybridized carbons (Fsp3) is 0.364. The van der Waals surface area contributed by atoms with Crippen molar-refractivity contribution in [3.8, 4) is 0 Å². The van der Waals surface area contributed by atoms with Gasteiger partial charge in [-0.1, -0.05) is 6.92 Å². The second-order valence-corrected chi connectivity index (χ2v) is 3.53. The molecular formula is C11H12FNO3. The molecule has 0 N–H and O–H groups in total. The fourth-order valence-electron chi connectivity index (χ4n) is 1.64. The van der Waals surface area contributed by atoms with Crippen molar-refractivity contribution in [3.63, 3.8) is 0 Å². The van der Waals surface area contributed by atoms with E-state index in [2.05, 4.69) is 0 Å². The zero-order valence-corrected chi connectivity index (χ0v) is 9.07. The summed E-state index contributed by atoms with van der Waals surface area (Å²) in [6, 6.07) is 3.37. The summed E-state index contributed by atoms with van der Waals surface area (Å²) < 4.78 is 13.6. The van der Waals surface area contributed by atoms with E-state index < -0.39 is 16.7 Å². The van der Waals surface area contributed by atoms with Gasteiger partial charge in [0.25, 0.3) is 5.69 Å². The lowest BCUT2D eigenvalue weighted by Gasteiger charge is -2.12. The van der Waals surface area contributed by atoms with Crippen LogP contribution in [0, 0.1) is 15.9 Å². The van der Waals surface area contributed by atoms with Gasteiger partial charge in [-0.3, -0.25) is 14.9 Å². The van der Waals surface area contributed by atoms with Gasteiger partial charge in [-0.15, -0.1) is 0 Å². The third kappa shape index (κ3) is 2.42. The molecule has 0 aliphatic carbocycles. The largest absolute Gasteiger partial charge is 0.299 e. The molecule has 86 valence electrons. The van der Waals surface area contributed by atoms with Crippen LogP contribution in [0.4, 0.5) is 10.1 Å². The molecule has 0 saturated heterocycles. The molecular weight excluding hydrogens is 213 g/mol. The van der Waals surface area contributed by atoms with Crippen LogP contribution in [0.1, 0.15) is 31.7 Å². The Labute approximate surface area is 92.2 Å². The molecule has 0 fully saturated rings. The van der Waals surface area contributed by atoms with Gasteiger partial charge in [-0.25, -0.2) is 4.39 Å². The molecule has 0 amide bonds. The van der Waals surface area contributed by atoms with Crippen molar-refractivity contribution in [1.29, 1.82) is 0 Å². The maximum atomic E-state index is 13.6. The average molecular weight is 225 g/mol. The first kappa shape index (κ1) is 12.3. The summed E-state index contributed by atoms with van der Waals surface area (Å²) in [6.45, 7) is 3.15. The summed E-state index contributed by atoms with van der Waals surface area (Å²) in [4.78, 5) is 21.0. The van der Waals surface area contributed by atoms with Crippen LogP contribution in [0.25, 0.3) is 0 Å². The van der Waals surface area contributed by atoms with Crippen LogP contribution in [0.2, 0.25) is 0 Å². The number of rotatable bonds is 4. The number of nitro groups is 1. The summed E-state index contributed by atoms with van der Waals surface area (Å²) in [7, 11) is 0. The number of nitro benzene ring substituents is 1. The van der Waals surface area contributed by atoms with Crippen LogP contribution in [-0.4, -0.2) is 10.7 Å². The van der Waals surface area contributed by atoms with E-state index in [0.29, 0.717) is 6.42 Å². The van der Waals surface area contributed by atoms with Crippen molar-refractivity contribution in [2.24, 2.45) is 0 Å². The molecule has 0 saturated carbocycles. The van der Waals surface area contributed by atoms with Crippen molar-refractivity contribution in [3.05, 3.63) is 39.7 Å². The molecule has 1 unspecified atom stereocenters. The van der Waals surface area contributed by atoms with Crippen LogP contribution < -0.4 is 0 Å². The fourth-order valence-corrected chi connectivity index (χ4v) is 1.64. The van der Waals surface area contributed by atoms with E-state index in [-0.39, 0.29) is 17.0 Å². The number of benzene rings is 1. The van der Waals surface area contributed by atoms with Gasteiger partial charge in [-0.05, 0) is 25.0 Å². The highest BCUT2D eigenvalue weighted by Gasteiger charge is 2.20. The minimum atomic E-state index is -0.698. The van der Waals surface area contributed by atoms with Crippen molar-refractivity contribution in [2.45, 2.75) is 26.2 Å². The molecule has 16 heavy (non-hydrogen) atoms. The maximum Gasteiger partial charge on any atom is 0.272 e. The zero-order valence-electron chi connectivity index (χ0n) is 9.07. The Morgan fingerprint density at radius 3 is 2.56 bits per heavy atom. The second-order valence-electron chi connectivity index (χ2n) is 3.53. The lowest BCUT2D eigenvalue weighted by Crippen LogP contribution is -2.09. The number of ketones is 1. The number of Topliss-reactive ketones (excluding diaryl/α,β-unsaturated/α-hetero) is 1. The maximum absolute atomic E-state index is 13.6. The van der Waals surface area contributed by atoms with E-state index in [1.54, 1.807) is 6.92 Å². The van der Waals surface area contributed by atoms with E-state index >= 15 is 0 Å². The summed E-state index contributed by atoms with van der Waals surface area (Å²) >= 11 is 0. The van der Waals surface area contributed by atoms with Crippen molar-refractivity contribution in [2.75, 3.05) is 0 Å². The smallest absolute Gasteiger partial charge is 0.272 e. The molecule has 0 bridgehead atoms. The first-order valence-electron chi connectivity index (χ1n) is 4.91. The molecule has 0 spiro atoms. The van der Waals surface area contributed by atoms with Gasteiger partial charge in [0.05, 0.1) is 11.0 Å². The van der Waals surface area contributed by atoms with E-state index in [1.807, 2.05) is 0 Å². The Bertz CT molecular complexity index is 431. The molecule has 5 heteroatoms. The van der Waals surface area contributed by atoms with Crippen molar-refractivity contribution >= 4 is 11.5 Å². The molecule has 0 aliphatic rings. The van der Waals surface area contributed by atoms with Gasteiger partial charge in [0.15, 0.2) is 0 Å². The molecule has 0 radical (unpaired) electrons. The Morgan fingerprint density at radius 1 is 1.56 bits per heavy atom. The first-order chi connectivity index (χ1) is 7.47. The quantitative estimate of drug-likeness (QED) is 0.584. The third-order valence-electron chi connectivity index (χ3n) is 2.47. The molecule has 1 atom stereocenters. The molecule has 0 heterocycles. The van der Waals surface area contributed by atoms with Crippen LogP contribution >= 0.6 is 0 Å². The van der Waals surface area contributed by atoms with Crippen LogP contribution in [0.3, 0.4) is 0 Å². The molecule has 0 aromatic heterocycles. The highest BCUT2D eigenvalue weighted by molar-refractivity contribution is 5.83. The molecule has 0 aliphatic heterocycles. The van der Waals surface area contributed by atoms with Crippen LogP contribution in [0.15, 0.2) is 18.2 Å². The summed E-state index contributed by atoms with van der Waals surface area (Å²) in [5.74, 6) is -1.37. The van der Waals surface area contributed by atoms with E-state index in [0.717, 1.165) is 6.07 Å². The van der Waals surface area contributed by atoms with Crippen LogP contribution in [-0.2, 0) is 4.79 Å². The van der Waals surface area contributed by atoms with Crippen LogP contribution in [0.5, 0.6) is 0 Å². The molecule has 1 rings (SSSR count). The normalized spacial score (nSPS) is 12.2. The summed E-state index contributed by atoms with van der Waals surface area (Å²) in [5.41, 5.74) is -0.0831. The van der Waals surface area contributed by atoms with Gasteiger partial charge in [0.2, 0.25) is 0 Å². The highest BCUT2D eigenvalue weighted by Crippen LogP contribution is 2.26. The summed E-state index contributed by atoms with van der Waals surface area (Å²) in [6.07, 6.45) is 0.476. The Hall–Kier alpha value is -1.78. The monoisotopic (exact) mass is 225 g/mol. The van der Waals surface area contributed by atoms with Gasteiger partial charge in [0, 0.05) is 12.0 Å². The number of non-ortho nitro benzene ring substituents is 1. The predicted molar refractivity (Wildman–Crippen MR) is 56.8 cm³/mol. The zero-order chi connectivity index (χ0) is 12.3.